The molecule has 0 aromatic heterocycles. The summed E-state index contributed by atoms with van der Waals surface area (Å²) in [7, 11) is 1.45. The second-order valence-corrected chi connectivity index (χ2v) is 3.14. The first-order chi connectivity index (χ1) is 8.15. The number of rotatable bonds is 5. The van der Waals surface area contributed by atoms with Crippen molar-refractivity contribution >= 4 is 18.5 Å². The van der Waals surface area contributed by atoms with Crippen LogP contribution in [0.2, 0.25) is 0 Å². The molecule has 5 nitrogen and oxygen atoms in total. The zero-order chi connectivity index (χ0) is 12.7. The molecular weight excluding hydrogens is 222 g/mol. The molecule has 0 radical (unpaired) electrons. The van der Waals surface area contributed by atoms with Crippen molar-refractivity contribution < 1.29 is 19.1 Å². The molecule has 0 bridgehead atoms. The number of esters is 1. The topological polar surface area (TPSA) is 64.6 Å². The summed E-state index contributed by atoms with van der Waals surface area (Å²) in [6.07, 6.45) is 2.18. The monoisotopic (exact) mass is 235 g/mol. The quantitative estimate of drug-likeness (QED) is 0.361. The highest BCUT2D eigenvalue weighted by Crippen LogP contribution is 2.14. The predicted octanol–water partition coefficient (Wildman–Crippen LogP) is 1.30. The first kappa shape index (κ1) is 12.8. The highest BCUT2D eigenvalue weighted by atomic mass is 16.5. The van der Waals surface area contributed by atoms with Crippen LogP contribution in [-0.4, -0.2) is 19.5 Å². The average molecular weight is 235 g/mol. The Morgan fingerprint density at radius 2 is 1.94 bits per heavy atom. The highest BCUT2D eigenvalue weighted by Gasteiger charge is 1.98. The van der Waals surface area contributed by atoms with Crippen LogP contribution in [0.1, 0.15) is 12.5 Å². The van der Waals surface area contributed by atoms with E-state index in [4.69, 9.17) is 9.47 Å². The van der Waals surface area contributed by atoms with E-state index in [1.54, 1.807) is 30.3 Å². The second-order valence-electron chi connectivity index (χ2n) is 3.14. The van der Waals surface area contributed by atoms with Crippen LogP contribution in [0.3, 0.4) is 0 Å². The number of hydrogen-bond donors (Lipinski definition) is 1. The van der Waals surface area contributed by atoms with E-state index in [0.29, 0.717) is 18.0 Å². The third-order valence-electron chi connectivity index (χ3n) is 1.86. The standard InChI is InChI=1S/C12H13NO4/c1-9(15)17-11-5-3-10(4-6-11)7-12(16-2)13-8-14/h3-8H,1-2H3,(H,13,14). The molecule has 1 amide bonds. The van der Waals surface area contributed by atoms with E-state index < -0.39 is 0 Å². The molecule has 0 spiro atoms. The lowest BCUT2D eigenvalue weighted by molar-refractivity contribution is -0.131. The normalized spacial score (nSPS) is 10.6. The number of amides is 1. The van der Waals surface area contributed by atoms with Crippen molar-refractivity contribution in [3.63, 3.8) is 0 Å². The first-order valence-electron chi connectivity index (χ1n) is 4.90. The summed E-state index contributed by atoms with van der Waals surface area (Å²) < 4.78 is 9.81. The molecule has 5 heteroatoms. The van der Waals surface area contributed by atoms with E-state index in [1.165, 1.54) is 14.0 Å². The number of benzene rings is 1. The van der Waals surface area contributed by atoms with E-state index in [1.807, 2.05) is 0 Å². The van der Waals surface area contributed by atoms with E-state index in [-0.39, 0.29) is 5.97 Å². The maximum absolute atomic E-state index is 10.7. The maximum atomic E-state index is 10.7. The van der Waals surface area contributed by atoms with Crippen LogP contribution in [0, 0.1) is 0 Å². The number of carbonyl (C=O) groups is 2. The van der Waals surface area contributed by atoms with Crippen LogP contribution in [0.5, 0.6) is 5.75 Å². The van der Waals surface area contributed by atoms with Gasteiger partial charge in [0.2, 0.25) is 6.41 Å². The Hall–Kier alpha value is -2.30. The molecule has 90 valence electrons. The van der Waals surface area contributed by atoms with Crippen LogP contribution in [-0.2, 0) is 14.3 Å². The second kappa shape index (κ2) is 6.32. The van der Waals surface area contributed by atoms with Crippen molar-refractivity contribution in [1.29, 1.82) is 0 Å². The van der Waals surface area contributed by atoms with E-state index >= 15 is 0 Å². The minimum Gasteiger partial charge on any atom is -0.482 e. The summed E-state index contributed by atoms with van der Waals surface area (Å²) in [6.45, 7) is 1.34. The van der Waals surface area contributed by atoms with Gasteiger partial charge in [-0.05, 0) is 17.7 Å². The third-order valence-corrected chi connectivity index (χ3v) is 1.86. The van der Waals surface area contributed by atoms with Gasteiger partial charge in [0, 0.05) is 13.0 Å². The molecule has 1 aromatic carbocycles. The zero-order valence-corrected chi connectivity index (χ0v) is 9.60. The third kappa shape index (κ3) is 4.38. The Bertz CT molecular complexity index is 423. The van der Waals surface area contributed by atoms with Crippen LogP contribution in [0.15, 0.2) is 30.1 Å². The van der Waals surface area contributed by atoms with E-state index in [2.05, 4.69) is 5.32 Å². The summed E-state index contributed by atoms with van der Waals surface area (Å²) >= 11 is 0. The molecule has 0 heterocycles. The number of carbonyl (C=O) groups excluding carboxylic acids is 2. The van der Waals surface area contributed by atoms with Gasteiger partial charge in [0.05, 0.1) is 7.11 Å². The molecule has 1 rings (SSSR count). The van der Waals surface area contributed by atoms with Gasteiger partial charge < -0.3 is 9.47 Å². The van der Waals surface area contributed by atoms with Crippen molar-refractivity contribution in [2.45, 2.75) is 6.92 Å². The van der Waals surface area contributed by atoms with Crippen LogP contribution in [0.25, 0.3) is 6.08 Å². The lowest BCUT2D eigenvalue weighted by Gasteiger charge is -2.04. The summed E-state index contributed by atoms with van der Waals surface area (Å²) in [5.74, 6) is 0.436. The van der Waals surface area contributed by atoms with Crippen molar-refractivity contribution in [3.8, 4) is 5.75 Å². The molecule has 1 aromatic rings. The van der Waals surface area contributed by atoms with E-state index in [9.17, 15) is 9.59 Å². The van der Waals surface area contributed by atoms with Gasteiger partial charge in [-0.2, -0.15) is 0 Å². The average Bonchev–Trinajstić information content (AvgIpc) is 2.30. The summed E-state index contributed by atoms with van der Waals surface area (Å²) in [5.41, 5.74) is 0.812. The Balaban J connectivity index is 2.79. The molecule has 0 aliphatic carbocycles. The minimum atomic E-state index is -0.367. The Labute approximate surface area is 99.0 Å². The maximum Gasteiger partial charge on any atom is 0.308 e. The summed E-state index contributed by atoms with van der Waals surface area (Å²) in [4.78, 5) is 21.0. The summed E-state index contributed by atoms with van der Waals surface area (Å²) in [5, 5.41) is 2.40. The predicted molar refractivity (Wildman–Crippen MR) is 61.9 cm³/mol. The van der Waals surface area contributed by atoms with Crippen LogP contribution < -0.4 is 10.1 Å². The SMILES string of the molecule is COC(=Cc1ccc(OC(C)=O)cc1)NC=O. The molecule has 0 saturated heterocycles. The van der Waals surface area contributed by atoms with Gasteiger partial charge in [-0.25, -0.2) is 0 Å². The Kier molecular flexibility index (Phi) is 4.75. The van der Waals surface area contributed by atoms with Gasteiger partial charge in [0.25, 0.3) is 0 Å². The van der Waals surface area contributed by atoms with Gasteiger partial charge in [-0.1, -0.05) is 12.1 Å². The molecule has 0 aliphatic heterocycles. The Morgan fingerprint density at radius 1 is 1.29 bits per heavy atom. The number of nitrogens with one attached hydrogen (secondary N) is 1. The number of ether oxygens (including phenoxy) is 2. The van der Waals surface area contributed by atoms with Gasteiger partial charge >= 0.3 is 5.97 Å². The smallest absolute Gasteiger partial charge is 0.308 e. The fraction of sp³-hybridized carbons (Fsp3) is 0.167. The summed E-state index contributed by atoms with van der Waals surface area (Å²) in [6, 6.07) is 6.79. The van der Waals surface area contributed by atoms with Crippen molar-refractivity contribution in [2.24, 2.45) is 0 Å². The zero-order valence-electron chi connectivity index (χ0n) is 9.60. The lowest BCUT2D eigenvalue weighted by atomic mass is 10.2. The number of methoxy groups -OCH3 is 1. The van der Waals surface area contributed by atoms with Crippen molar-refractivity contribution in [1.82, 2.24) is 5.32 Å². The fourth-order valence-electron chi connectivity index (χ4n) is 1.17. The molecule has 0 atom stereocenters. The molecule has 0 aliphatic rings. The first-order valence-corrected chi connectivity index (χ1v) is 4.90. The van der Waals surface area contributed by atoms with Crippen molar-refractivity contribution in [3.05, 3.63) is 35.7 Å². The number of hydrogen-bond acceptors (Lipinski definition) is 4. The van der Waals surface area contributed by atoms with Crippen molar-refractivity contribution in [2.75, 3.05) is 7.11 Å². The van der Waals surface area contributed by atoms with Crippen LogP contribution >= 0.6 is 0 Å². The molecular formula is C12H13NO4. The Morgan fingerprint density at radius 3 is 2.41 bits per heavy atom. The molecule has 0 fully saturated rings. The molecule has 1 N–H and O–H groups in total. The van der Waals surface area contributed by atoms with Gasteiger partial charge in [0.1, 0.15) is 5.75 Å². The molecule has 0 unspecified atom stereocenters. The van der Waals surface area contributed by atoms with Gasteiger partial charge in [-0.15, -0.1) is 0 Å². The lowest BCUT2D eigenvalue weighted by Crippen LogP contribution is -2.11. The largest absolute Gasteiger partial charge is 0.482 e. The minimum absolute atomic E-state index is 0.334. The van der Waals surface area contributed by atoms with Crippen LogP contribution in [0.4, 0.5) is 0 Å². The van der Waals surface area contributed by atoms with Gasteiger partial charge in [-0.3, -0.25) is 14.9 Å². The van der Waals surface area contributed by atoms with E-state index in [0.717, 1.165) is 5.56 Å². The molecule has 17 heavy (non-hydrogen) atoms. The fourth-order valence-corrected chi connectivity index (χ4v) is 1.17. The van der Waals surface area contributed by atoms with Gasteiger partial charge in [0.15, 0.2) is 5.88 Å². The highest BCUT2D eigenvalue weighted by molar-refractivity contribution is 5.69. The molecule has 0 saturated carbocycles.